The maximum Gasteiger partial charge on any atom is 0.222 e. The highest BCUT2D eigenvalue weighted by atomic mass is 16.6. The Morgan fingerprint density at radius 3 is 1.56 bits per heavy atom. The van der Waals surface area contributed by atoms with E-state index in [-0.39, 0.29) is 11.8 Å². The first kappa shape index (κ1) is 25.7. The van der Waals surface area contributed by atoms with Gasteiger partial charge in [-0.3, -0.25) is 9.59 Å². The lowest BCUT2D eigenvalue weighted by Gasteiger charge is -2.08. The number of rotatable bonds is 20. The van der Waals surface area contributed by atoms with Crippen molar-refractivity contribution in [2.45, 2.75) is 26.2 Å². The standard InChI is InChI=1S/C18H36N2O7/c1-3-7-23-10-6-20-18(22)5-9-25-12-14-27-16-15-26-13-11-24-8-4-17(21)19-2/h3-16H2,1-2H3,(H,19,21)(H,20,22). The van der Waals surface area contributed by atoms with Gasteiger partial charge in [0.2, 0.25) is 11.8 Å². The summed E-state index contributed by atoms with van der Waals surface area (Å²) in [5, 5.41) is 5.30. The summed E-state index contributed by atoms with van der Waals surface area (Å²) < 4.78 is 26.6. The van der Waals surface area contributed by atoms with Gasteiger partial charge in [0.15, 0.2) is 0 Å². The first-order valence-corrected chi connectivity index (χ1v) is 9.56. The third-order valence-corrected chi connectivity index (χ3v) is 3.26. The van der Waals surface area contributed by atoms with Crippen LogP contribution < -0.4 is 10.6 Å². The van der Waals surface area contributed by atoms with Gasteiger partial charge in [-0.05, 0) is 6.42 Å². The second kappa shape index (κ2) is 21.0. The number of hydrogen-bond acceptors (Lipinski definition) is 7. The van der Waals surface area contributed by atoms with Gasteiger partial charge in [-0.25, -0.2) is 0 Å². The van der Waals surface area contributed by atoms with Crippen molar-refractivity contribution in [3.05, 3.63) is 0 Å². The van der Waals surface area contributed by atoms with E-state index in [0.29, 0.717) is 78.8 Å². The normalized spacial score (nSPS) is 10.7. The molecule has 0 saturated heterocycles. The Balaban J connectivity index is 3.14. The van der Waals surface area contributed by atoms with Gasteiger partial charge in [-0.15, -0.1) is 0 Å². The highest BCUT2D eigenvalue weighted by molar-refractivity contribution is 5.76. The molecule has 0 rings (SSSR count). The summed E-state index contributed by atoms with van der Waals surface area (Å²) in [7, 11) is 1.60. The Bertz CT molecular complexity index is 357. The van der Waals surface area contributed by atoms with Gasteiger partial charge < -0.3 is 34.3 Å². The van der Waals surface area contributed by atoms with Gasteiger partial charge in [0.25, 0.3) is 0 Å². The smallest absolute Gasteiger partial charge is 0.222 e. The zero-order chi connectivity index (χ0) is 20.0. The molecule has 27 heavy (non-hydrogen) atoms. The molecular weight excluding hydrogens is 356 g/mol. The minimum Gasteiger partial charge on any atom is -0.380 e. The van der Waals surface area contributed by atoms with Crippen molar-refractivity contribution < 1.29 is 33.3 Å². The van der Waals surface area contributed by atoms with Crippen molar-refractivity contribution in [3.8, 4) is 0 Å². The van der Waals surface area contributed by atoms with Crippen LogP contribution in [-0.4, -0.2) is 91.5 Å². The van der Waals surface area contributed by atoms with E-state index in [1.54, 1.807) is 7.05 Å². The fourth-order valence-corrected chi connectivity index (χ4v) is 1.81. The number of hydrogen-bond donors (Lipinski definition) is 2. The van der Waals surface area contributed by atoms with Crippen LogP contribution in [0.4, 0.5) is 0 Å². The van der Waals surface area contributed by atoms with E-state index in [4.69, 9.17) is 23.7 Å². The SMILES string of the molecule is CCCOCCNC(=O)CCOCCOCCOCCOCCC(=O)NC. The molecule has 0 aliphatic heterocycles. The van der Waals surface area contributed by atoms with Gasteiger partial charge in [-0.2, -0.15) is 0 Å². The minimum atomic E-state index is -0.0399. The first-order chi connectivity index (χ1) is 13.2. The van der Waals surface area contributed by atoms with E-state index in [9.17, 15) is 9.59 Å². The Kier molecular flexibility index (Phi) is 20.1. The van der Waals surface area contributed by atoms with Crippen LogP contribution in [-0.2, 0) is 33.3 Å². The van der Waals surface area contributed by atoms with Crippen LogP contribution in [0.25, 0.3) is 0 Å². The lowest BCUT2D eigenvalue weighted by molar-refractivity contribution is -0.123. The zero-order valence-corrected chi connectivity index (χ0v) is 16.8. The maximum atomic E-state index is 11.5. The lowest BCUT2D eigenvalue weighted by Crippen LogP contribution is -2.28. The third-order valence-electron chi connectivity index (χ3n) is 3.26. The summed E-state index contributed by atoms with van der Waals surface area (Å²) in [4.78, 5) is 22.4. The van der Waals surface area contributed by atoms with Crippen LogP contribution in [0.2, 0.25) is 0 Å². The molecule has 0 unspecified atom stereocenters. The summed E-state index contributed by atoms with van der Waals surface area (Å²) in [6, 6.07) is 0. The van der Waals surface area contributed by atoms with Gasteiger partial charge in [0, 0.05) is 33.0 Å². The molecule has 0 bridgehead atoms. The fourth-order valence-electron chi connectivity index (χ4n) is 1.81. The first-order valence-electron chi connectivity index (χ1n) is 9.56. The van der Waals surface area contributed by atoms with Gasteiger partial charge >= 0.3 is 0 Å². The molecule has 0 saturated carbocycles. The average molecular weight is 392 g/mol. The Morgan fingerprint density at radius 2 is 1.07 bits per heavy atom. The van der Waals surface area contributed by atoms with Crippen molar-refractivity contribution in [2.75, 3.05) is 79.7 Å². The molecule has 0 aromatic carbocycles. The van der Waals surface area contributed by atoms with Crippen LogP contribution in [0.1, 0.15) is 26.2 Å². The van der Waals surface area contributed by atoms with Crippen LogP contribution in [0.5, 0.6) is 0 Å². The Hall–Kier alpha value is -1.26. The molecule has 9 heteroatoms. The number of amides is 2. The number of carbonyl (C=O) groups is 2. The van der Waals surface area contributed by atoms with E-state index in [2.05, 4.69) is 10.6 Å². The monoisotopic (exact) mass is 392 g/mol. The number of carbonyl (C=O) groups excluding carboxylic acids is 2. The van der Waals surface area contributed by atoms with Crippen LogP contribution >= 0.6 is 0 Å². The summed E-state index contributed by atoms with van der Waals surface area (Å²) in [6.45, 7) is 7.35. The van der Waals surface area contributed by atoms with Crippen LogP contribution in [0, 0.1) is 0 Å². The van der Waals surface area contributed by atoms with E-state index in [1.807, 2.05) is 6.92 Å². The van der Waals surface area contributed by atoms with Crippen molar-refractivity contribution >= 4 is 11.8 Å². The summed E-state index contributed by atoms with van der Waals surface area (Å²) in [5.74, 6) is -0.0777. The van der Waals surface area contributed by atoms with Gasteiger partial charge in [0.1, 0.15) is 0 Å². The molecule has 0 aromatic heterocycles. The van der Waals surface area contributed by atoms with E-state index >= 15 is 0 Å². The molecule has 0 heterocycles. The lowest BCUT2D eigenvalue weighted by atomic mass is 10.4. The Labute approximate surface area is 162 Å². The molecule has 160 valence electrons. The molecule has 0 fully saturated rings. The quantitative estimate of drug-likeness (QED) is 0.284. The summed E-state index contributed by atoms with van der Waals surface area (Å²) in [6.07, 6.45) is 1.66. The number of ether oxygens (including phenoxy) is 5. The molecule has 0 aromatic rings. The second-order valence-electron chi connectivity index (χ2n) is 5.58. The summed E-state index contributed by atoms with van der Waals surface area (Å²) in [5.41, 5.74) is 0. The van der Waals surface area contributed by atoms with E-state index < -0.39 is 0 Å². The Morgan fingerprint density at radius 1 is 0.630 bits per heavy atom. The average Bonchev–Trinajstić information content (AvgIpc) is 2.67. The van der Waals surface area contributed by atoms with Crippen molar-refractivity contribution in [1.82, 2.24) is 10.6 Å². The molecule has 0 aliphatic carbocycles. The van der Waals surface area contributed by atoms with Crippen molar-refractivity contribution in [2.24, 2.45) is 0 Å². The molecule has 0 spiro atoms. The van der Waals surface area contributed by atoms with Crippen molar-refractivity contribution in [3.63, 3.8) is 0 Å². The summed E-state index contributed by atoms with van der Waals surface area (Å²) >= 11 is 0. The molecule has 0 aliphatic rings. The van der Waals surface area contributed by atoms with Crippen molar-refractivity contribution in [1.29, 1.82) is 0 Å². The van der Waals surface area contributed by atoms with Crippen LogP contribution in [0.3, 0.4) is 0 Å². The number of nitrogens with one attached hydrogen (secondary N) is 2. The minimum absolute atomic E-state index is 0.0378. The highest BCUT2D eigenvalue weighted by Gasteiger charge is 2.00. The van der Waals surface area contributed by atoms with E-state index in [0.717, 1.165) is 13.0 Å². The maximum absolute atomic E-state index is 11.5. The molecular formula is C18H36N2O7. The van der Waals surface area contributed by atoms with Gasteiger partial charge in [0.05, 0.1) is 59.5 Å². The van der Waals surface area contributed by atoms with Crippen LogP contribution in [0.15, 0.2) is 0 Å². The predicted molar refractivity (Wildman–Crippen MR) is 101 cm³/mol. The molecule has 9 nitrogen and oxygen atoms in total. The largest absolute Gasteiger partial charge is 0.380 e. The van der Waals surface area contributed by atoms with E-state index in [1.165, 1.54) is 0 Å². The fraction of sp³-hybridized carbons (Fsp3) is 0.889. The van der Waals surface area contributed by atoms with Gasteiger partial charge in [-0.1, -0.05) is 6.92 Å². The highest BCUT2D eigenvalue weighted by Crippen LogP contribution is 1.87. The molecule has 0 radical (unpaired) electrons. The topological polar surface area (TPSA) is 104 Å². The predicted octanol–water partition coefficient (Wildman–Crippen LogP) is 0.122. The zero-order valence-electron chi connectivity index (χ0n) is 16.8. The molecule has 2 N–H and O–H groups in total. The third kappa shape index (κ3) is 20.9. The second-order valence-corrected chi connectivity index (χ2v) is 5.58. The molecule has 0 atom stereocenters. The molecule has 2 amide bonds.